The maximum atomic E-state index is 12.5. The highest BCUT2D eigenvalue weighted by molar-refractivity contribution is 7.89. The smallest absolute Gasteiger partial charge is 0.242 e. The van der Waals surface area contributed by atoms with Crippen molar-refractivity contribution in [2.45, 2.75) is 30.6 Å². The van der Waals surface area contributed by atoms with Crippen molar-refractivity contribution >= 4 is 33.0 Å². The van der Waals surface area contributed by atoms with Gasteiger partial charge in [0.1, 0.15) is 0 Å². The van der Waals surface area contributed by atoms with Crippen LogP contribution in [0.1, 0.15) is 23.3 Å². The first kappa shape index (κ1) is 18.1. The van der Waals surface area contributed by atoms with Gasteiger partial charge in [-0.2, -0.15) is 0 Å². The van der Waals surface area contributed by atoms with E-state index in [4.69, 9.17) is 0 Å². The molecule has 0 fully saturated rings. The zero-order valence-electron chi connectivity index (χ0n) is 14.4. The van der Waals surface area contributed by atoms with Crippen molar-refractivity contribution in [1.29, 1.82) is 0 Å². The zero-order valence-corrected chi connectivity index (χ0v) is 16.1. The van der Waals surface area contributed by atoms with E-state index in [9.17, 15) is 13.2 Å². The maximum Gasteiger partial charge on any atom is 0.242 e. The summed E-state index contributed by atoms with van der Waals surface area (Å²) in [7, 11) is -0.405. The molecule has 1 aromatic carbocycles. The second-order valence-electron chi connectivity index (χ2n) is 6.31. The van der Waals surface area contributed by atoms with Crippen LogP contribution in [-0.4, -0.2) is 39.3 Å². The molecular weight excluding hydrogens is 356 g/mol. The Morgan fingerprint density at radius 1 is 1.28 bits per heavy atom. The number of nitrogens with zero attached hydrogens (tertiary/aromatic N) is 2. The van der Waals surface area contributed by atoms with Crippen molar-refractivity contribution in [3.63, 3.8) is 0 Å². The van der Waals surface area contributed by atoms with Crippen LogP contribution in [0.5, 0.6) is 0 Å². The lowest BCUT2D eigenvalue weighted by atomic mass is 10.1. The summed E-state index contributed by atoms with van der Waals surface area (Å²) in [5.74, 6) is 0.110. The molecule has 0 aliphatic carbocycles. The highest BCUT2D eigenvalue weighted by atomic mass is 32.2. The number of sulfonamides is 1. The third-order valence-corrected chi connectivity index (χ3v) is 7.17. The molecule has 0 saturated carbocycles. The quantitative estimate of drug-likeness (QED) is 0.777. The Kier molecular flexibility index (Phi) is 5.27. The van der Waals surface area contributed by atoms with Gasteiger partial charge in [-0.3, -0.25) is 4.79 Å². The molecule has 0 N–H and O–H groups in total. The molecule has 25 heavy (non-hydrogen) atoms. The fraction of sp³-hybridized carbons (Fsp3) is 0.389. The number of anilines is 1. The molecule has 0 unspecified atom stereocenters. The molecule has 0 bridgehead atoms. The van der Waals surface area contributed by atoms with Crippen molar-refractivity contribution in [3.8, 4) is 0 Å². The molecule has 1 aliphatic heterocycles. The van der Waals surface area contributed by atoms with Gasteiger partial charge in [-0.1, -0.05) is 6.07 Å². The highest BCUT2D eigenvalue weighted by Crippen LogP contribution is 2.31. The number of carbonyl (C=O) groups excluding carboxylic acids is 1. The molecule has 0 saturated heterocycles. The van der Waals surface area contributed by atoms with Crippen molar-refractivity contribution in [2.24, 2.45) is 0 Å². The number of hydrogen-bond donors (Lipinski definition) is 0. The van der Waals surface area contributed by atoms with Gasteiger partial charge >= 0.3 is 0 Å². The Morgan fingerprint density at radius 2 is 2.08 bits per heavy atom. The Hall–Kier alpha value is -1.70. The number of amides is 1. The fourth-order valence-corrected chi connectivity index (χ4v) is 4.72. The van der Waals surface area contributed by atoms with Crippen LogP contribution in [-0.2, 0) is 27.7 Å². The van der Waals surface area contributed by atoms with E-state index in [2.05, 4.69) is 6.07 Å². The van der Waals surface area contributed by atoms with Gasteiger partial charge in [-0.15, -0.1) is 11.3 Å². The molecule has 2 heterocycles. The zero-order chi connectivity index (χ0) is 18.0. The van der Waals surface area contributed by atoms with E-state index in [0.29, 0.717) is 19.4 Å². The first-order chi connectivity index (χ1) is 11.9. The van der Waals surface area contributed by atoms with Crippen LogP contribution in [0.2, 0.25) is 0 Å². The summed E-state index contributed by atoms with van der Waals surface area (Å²) in [6.45, 7) is 0.624. The molecule has 7 heteroatoms. The van der Waals surface area contributed by atoms with Gasteiger partial charge in [0.15, 0.2) is 0 Å². The summed E-state index contributed by atoms with van der Waals surface area (Å²) in [5.41, 5.74) is 1.77. The molecule has 134 valence electrons. The summed E-state index contributed by atoms with van der Waals surface area (Å²) in [6, 6.07) is 9.16. The van der Waals surface area contributed by atoms with E-state index in [1.165, 1.54) is 23.3 Å². The Bertz CT molecular complexity index is 858. The largest absolute Gasteiger partial charge is 0.312 e. The number of rotatable bonds is 6. The molecule has 1 aromatic heterocycles. The van der Waals surface area contributed by atoms with Crippen LogP contribution in [0.15, 0.2) is 40.6 Å². The highest BCUT2D eigenvalue weighted by Gasteiger charge is 2.27. The summed E-state index contributed by atoms with van der Waals surface area (Å²) in [4.78, 5) is 15.9. The summed E-state index contributed by atoms with van der Waals surface area (Å²) in [6.07, 6.45) is 2.96. The molecule has 0 spiro atoms. The minimum atomic E-state index is -3.44. The summed E-state index contributed by atoms with van der Waals surface area (Å²) in [5, 5.41) is 2.05. The SMILES string of the molecule is CN(C)S(=O)(=O)c1ccc2c(c1)CCN2C(=O)CCCc1cccs1. The monoisotopic (exact) mass is 378 g/mol. The molecule has 0 radical (unpaired) electrons. The predicted octanol–water partition coefficient (Wildman–Crippen LogP) is 2.91. The molecule has 1 aliphatic rings. The number of aryl methyl sites for hydroxylation is 1. The molecule has 1 amide bonds. The fourth-order valence-electron chi connectivity index (χ4n) is 3.01. The van der Waals surface area contributed by atoms with E-state index in [0.717, 1.165) is 24.1 Å². The number of carbonyl (C=O) groups is 1. The van der Waals surface area contributed by atoms with Crippen LogP contribution in [0.3, 0.4) is 0 Å². The number of benzene rings is 1. The molecule has 0 atom stereocenters. The maximum absolute atomic E-state index is 12.5. The van der Waals surface area contributed by atoms with Crippen molar-refractivity contribution in [3.05, 3.63) is 46.2 Å². The van der Waals surface area contributed by atoms with Gasteiger partial charge < -0.3 is 4.90 Å². The van der Waals surface area contributed by atoms with Crippen molar-refractivity contribution < 1.29 is 13.2 Å². The van der Waals surface area contributed by atoms with E-state index < -0.39 is 10.0 Å². The summed E-state index contributed by atoms with van der Waals surface area (Å²) >= 11 is 1.72. The average Bonchev–Trinajstić information content (AvgIpc) is 3.23. The van der Waals surface area contributed by atoms with Gasteiger partial charge in [0.2, 0.25) is 15.9 Å². The van der Waals surface area contributed by atoms with Gasteiger partial charge in [-0.25, -0.2) is 12.7 Å². The molecule has 2 aromatic rings. The van der Waals surface area contributed by atoms with Crippen LogP contribution in [0.25, 0.3) is 0 Å². The molecule has 3 rings (SSSR count). The van der Waals surface area contributed by atoms with Crippen molar-refractivity contribution in [2.75, 3.05) is 25.5 Å². The Balaban J connectivity index is 1.68. The third kappa shape index (κ3) is 3.78. The minimum Gasteiger partial charge on any atom is -0.312 e. The minimum absolute atomic E-state index is 0.110. The Morgan fingerprint density at radius 3 is 2.76 bits per heavy atom. The van der Waals surface area contributed by atoms with Gasteiger partial charge in [0.25, 0.3) is 0 Å². The lowest BCUT2D eigenvalue weighted by Crippen LogP contribution is -2.28. The van der Waals surface area contributed by atoms with Crippen LogP contribution < -0.4 is 4.90 Å². The normalized spacial score (nSPS) is 14.1. The first-order valence-electron chi connectivity index (χ1n) is 8.28. The standard InChI is InChI=1S/C18H22N2O3S2/c1-19(2)25(22,23)16-8-9-17-14(13-16)10-11-20(17)18(21)7-3-5-15-6-4-12-24-15/h4,6,8-9,12-13H,3,5,7,10-11H2,1-2H3. The van der Waals surface area contributed by atoms with Crippen LogP contribution >= 0.6 is 11.3 Å². The van der Waals surface area contributed by atoms with E-state index in [-0.39, 0.29) is 10.8 Å². The van der Waals surface area contributed by atoms with Crippen LogP contribution in [0, 0.1) is 0 Å². The Labute approximate surface area is 152 Å². The number of thiophene rings is 1. The van der Waals surface area contributed by atoms with Crippen LogP contribution in [0.4, 0.5) is 5.69 Å². The average molecular weight is 379 g/mol. The topological polar surface area (TPSA) is 57.7 Å². The van der Waals surface area contributed by atoms with E-state index in [1.807, 2.05) is 11.4 Å². The number of hydrogen-bond acceptors (Lipinski definition) is 4. The van der Waals surface area contributed by atoms with Crippen molar-refractivity contribution in [1.82, 2.24) is 4.31 Å². The van der Waals surface area contributed by atoms with Gasteiger partial charge in [-0.05, 0) is 54.5 Å². The second-order valence-corrected chi connectivity index (χ2v) is 9.49. The lowest BCUT2D eigenvalue weighted by Gasteiger charge is -2.18. The van der Waals surface area contributed by atoms with Gasteiger partial charge in [0, 0.05) is 37.6 Å². The predicted molar refractivity (Wildman–Crippen MR) is 101 cm³/mol. The lowest BCUT2D eigenvalue weighted by molar-refractivity contribution is -0.118. The second kappa shape index (κ2) is 7.27. The van der Waals surface area contributed by atoms with E-state index in [1.54, 1.807) is 34.4 Å². The molecule has 5 nitrogen and oxygen atoms in total. The van der Waals surface area contributed by atoms with E-state index >= 15 is 0 Å². The molecular formula is C18H22N2O3S2. The third-order valence-electron chi connectivity index (χ3n) is 4.42. The van der Waals surface area contributed by atoms with Gasteiger partial charge in [0.05, 0.1) is 4.90 Å². The summed E-state index contributed by atoms with van der Waals surface area (Å²) < 4.78 is 25.7. The number of fused-ring (bicyclic) bond motifs is 1. The first-order valence-corrected chi connectivity index (χ1v) is 10.6.